The summed E-state index contributed by atoms with van der Waals surface area (Å²) in [7, 11) is 0. The highest BCUT2D eigenvalue weighted by atomic mass is 32.2. The molecular formula is C13H16N3OS+. The highest BCUT2D eigenvalue weighted by Crippen LogP contribution is 2.19. The number of hydrogen-bond donors (Lipinski definition) is 2. The molecule has 0 fully saturated rings. The summed E-state index contributed by atoms with van der Waals surface area (Å²) in [5.41, 5.74) is 1.58. The second-order valence-electron chi connectivity index (χ2n) is 3.63. The third-order valence-corrected chi connectivity index (χ3v) is 2.95. The molecule has 1 unspecified atom stereocenters. The first-order chi connectivity index (χ1) is 8.58. The Morgan fingerprint density at radius 2 is 2.11 bits per heavy atom. The molecule has 0 saturated heterocycles. The van der Waals surface area contributed by atoms with Crippen molar-refractivity contribution < 1.29 is 10.1 Å². The third kappa shape index (κ3) is 3.99. The number of nitriles is 1. The molecule has 4 nitrogen and oxygen atoms in total. The van der Waals surface area contributed by atoms with Gasteiger partial charge in [0.25, 0.3) is 0 Å². The lowest BCUT2D eigenvalue weighted by atomic mass is 10.1. The van der Waals surface area contributed by atoms with Crippen molar-refractivity contribution >= 4 is 21.8 Å². The zero-order valence-electron chi connectivity index (χ0n) is 10.4. The first kappa shape index (κ1) is 14.4. The Kier molecular flexibility index (Phi) is 5.56. The molecule has 18 heavy (non-hydrogen) atoms. The van der Waals surface area contributed by atoms with Gasteiger partial charge in [-0.2, -0.15) is 5.26 Å². The van der Waals surface area contributed by atoms with Crippen molar-refractivity contribution in [3.63, 3.8) is 0 Å². The molecule has 0 aliphatic heterocycles. The van der Waals surface area contributed by atoms with Gasteiger partial charge in [-0.05, 0) is 24.2 Å². The minimum Gasteiger partial charge on any atom is -0.359 e. The van der Waals surface area contributed by atoms with E-state index in [1.165, 1.54) is 11.8 Å². The molecule has 0 spiro atoms. The molecule has 1 rings (SSSR count). The van der Waals surface area contributed by atoms with Crippen LogP contribution in [0.25, 0.3) is 0 Å². The van der Waals surface area contributed by atoms with Crippen LogP contribution in [0.1, 0.15) is 31.1 Å². The average molecular weight is 262 g/mol. The predicted octanol–water partition coefficient (Wildman–Crippen LogP) is 1.52. The molecule has 0 aliphatic rings. The summed E-state index contributed by atoms with van der Waals surface area (Å²) in [6.07, 6.45) is -0.548. The van der Waals surface area contributed by atoms with Crippen LogP contribution in [0.3, 0.4) is 0 Å². The van der Waals surface area contributed by atoms with E-state index in [1.807, 2.05) is 6.92 Å². The van der Waals surface area contributed by atoms with E-state index in [4.69, 9.17) is 20.8 Å². The lowest BCUT2D eigenvalue weighted by Gasteiger charge is -2.09. The maximum absolute atomic E-state index is 8.97. The Morgan fingerprint density at radius 1 is 1.50 bits per heavy atom. The van der Waals surface area contributed by atoms with E-state index in [2.05, 4.69) is 6.07 Å². The van der Waals surface area contributed by atoms with E-state index in [9.17, 15) is 0 Å². The molecule has 0 radical (unpaired) electrons. The van der Waals surface area contributed by atoms with Crippen molar-refractivity contribution in [3.8, 4) is 6.07 Å². The van der Waals surface area contributed by atoms with E-state index in [1.54, 1.807) is 31.2 Å². The van der Waals surface area contributed by atoms with Gasteiger partial charge in [0.1, 0.15) is 5.04 Å². The molecule has 0 aliphatic carbocycles. The summed E-state index contributed by atoms with van der Waals surface area (Å²) in [5.74, 6) is 0. The fraction of sp³-hybridized carbons (Fsp3) is 0.308. The van der Waals surface area contributed by atoms with Crippen LogP contribution in [-0.4, -0.2) is 16.7 Å². The smallest absolute Gasteiger partial charge is 0.210 e. The molecule has 1 atom stereocenters. The molecule has 0 heterocycles. The second-order valence-corrected chi connectivity index (χ2v) is 4.88. The monoisotopic (exact) mass is 262 g/mol. The molecule has 1 aromatic rings. The number of benzene rings is 1. The fourth-order valence-corrected chi connectivity index (χ4v) is 1.98. The van der Waals surface area contributed by atoms with Gasteiger partial charge in [0.15, 0.2) is 6.10 Å². The summed E-state index contributed by atoms with van der Waals surface area (Å²) in [6, 6.07) is 9.31. The highest BCUT2D eigenvalue weighted by molar-refractivity contribution is 8.26. The number of nitrogens with zero attached hydrogens (tertiary/aromatic N) is 1. The van der Waals surface area contributed by atoms with Gasteiger partial charge in [-0.15, -0.1) is 0 Å². The van der Waals surface area contributed by atoms with Crippen LogP contribution in [0.2, 0.25) is 0 Å². The van der Waals surface area contributed by atoms with Crippen molar-refractivity contribution in [1.29, 1.82) is 10.7 Å². The van der Waals surface area contributed by atoms with Gasteiger partial charge >= 0.3 is 0 Å². The molecular weight excluding hydrogens is 246 g/mol. The minimum atomic E-state index is -0.548. The molecule has 0 saturated carbocycles. The predicted molar refractivity (Wildman–Crippen MR) is 73.4 cm³/mol. The first-order valence-electron chi connectivity index (χ1n) is 5.55. The maximum Gasteiger partial charge on any atom is 0.210 e. The minimum absolute atomic E-state index is 0.395. The molecule has 3 N–H and O–H groups in total. The topological polar surface area (TPSA) is 82.5 Å². The van der Waals surface area contributed by atoms with E-state index in [-0.39, 0.29) is 0 Å². The lowest BCUT2D eigenvalue weighted by Crippen LogP contribution is -2.35. The lowest BCUT2D eigenvalue weighted by molar-refractivity contribution is -0.109. The van der Waals surface area contributed by atoms with E-state index < -0.39 is 6.10 Å². The number of nitrogens with two attached hydrogens (primary N) is 1. The molecule has 0 aromatic heterocycles. The van der Waals surface area contributed by atoms with Crippen molar-refractivity contribution in [2.75, 3.05) is 6.61 Å². The fourth-order valence-electron chi connectivity index (χ4n) is 1.40. The van der Waals surface area contributed by atoms with Gasteiger partial charge in [-0.3, -0.25) is 10.8 Å². The van der Waals surface area contributed by atoms with E-state index in [0.717, 1.165) is 11.1 Å². The Hall–Kier alpha value is -1.64. The van der Waals surface area contributed by atoms with Crippen LogP contribution in [0.5, 0.6) is 0 Å². The summed E-state index contributed by atoms with van der Waals surface area (Å²) in [5, 5.41) is 23.4. The zero-order valence-corrected chi connectivity index (χ0v) is 11.3. The van der Waals surface area contributed by atoms with Gasteiger partial charge in [0, 0.05) is 19.1 Å². The van der Waals surface area contributed by atoms with Crippen LogP contribution in [-0.2, 0) is 4.74 Å². The van der Waals surface area contributed by atoms with Gasteiger partial charge < -0.3 is 4.74 Å². The average Bonchev–Trinajstić information content (AvgIpc) is 2.35. The number of nitrogens with one attached hydrogen (secondary N) is 1. The third-order valence-electron chi connectivity index (χ3n) is 2.19. The molecule has 1 aromatic carbocycles. The van der Waals surface area contributed by atoms with Crippen LogP contribution in [0.15, 0.2) is 24.3 Å². The van der Waals surface area contributed by atoms with Crippen molar-refractivity contribution in [2.45, 2.75) is 20.0 Å². The quantitative estimate of drug-likeness (QED) is 0.637. The summed E-state index contributed by atoms with van der Waals surface area (Å²) in [6.45, 7) is 4.10. The van der Waals surface area contributed by atoms with Gasteiger partial charge in [-0.25, -0.2) is 0 Å². The zero-order chi connectivity index (χ0) is 13.5. The Labute approximate surface area is 111 Å². The van der Waals surface area contributed by atoms with Crippen LogP contribution >= 0.6 is 11.8 Å². The molecule has 5 heteroatoms. The summed E-state index contributed by atoms with van der Waals surface area (Å²) >= 11 is 1.22. The Morgan fingerprint density at radius 3 is 2.56 bits per heavy atom. The van der Waals surface area contributed by atoms with Crippen LogP contribution < -0.4 is 5.41 Å². The number of thioether (sulfide) groups is 1. The summed E-state index contributed by atoms with van der Waals surface area (Å²) < 4.78 is 5.30. The van der Waals surface area contributed by atoms with Gasteiger partial charge in [-0.1, -0.05) is 24.3 Å². The van der Waals surface area contributed by atoms with E-state index in [0.29, 0.717) is 16.7 Å². The van der Waals surface area contributed by atoms with Crippen LogP contribution in [0, 0.1) is 16.7 Å². The number of hydrogen-bond acceptors (Lipinski definition) is 4. The Bertz CT molecular complexity index is 476. The second kappa shape index (κ2) is 6.94. The van der Waals surface area contributed by atoms with Gasteiger partial charge in [0.05, 0.1) is 6.07 Å². The van der Waals surface area contributed by atoms with E-state index >= 15 is 0 Å². The van der Waals surface area contributed by atoms with Crippen LogP contribution in [0.4, 0.5) is 0 Å². The summed E-state index contributed by atoms with van der Waals surface area (Å²) in [4.78, 5) is 0. The van der Waals surface area contributed by atoms with Crippen molar-refractivity contribution in [1.82, 2.24) is 0 Å². The highest BCUT2D eigenvalue weighted by Gasteiger charge is 2.11. The Balaban J connectivity index is 2.82. The number of rotatable bonds is 4. The largest absolute Gasteiger partial charge is 0.359 e. The molecule has 94 valence electrons. The molecule has 0 amide bonds. The SMILES string of the molecule is CCOC(C#N)c1ccc(C(=N)SC(C)=[NH2+])cc1. The first-order valence-corrected chi connectivity index (χ1v) is 6.37. The maximum atomic E-state index is 8.97. The number of ether oxygens (including phenoxy) is 1. The van der Waals surface area contributed by atoms with Gasteiger partial charge in [0.2, 0.25) is 5.04 Å². The standard InChI is InChI=1S/C13H15N3OS/c1-3-17-12(8-14)10-4-6-11(7-5-10)13(16)18-9(2)15/h4-7,12,15-16H,3H2,1-2H3/p+1. The molecule has 0 bridgehead atoms. The van der Waals surface area contributed by atoms with Crippen molar-refractivity contribution in [2.24, 2.45) is 0 Å². The van der Waals surface area contributed by atoms with Crippen molar-refractivity contribution in [3.05, 3.63) is 35.4 Å². The normalized spacial score (nSPS) is 11.6.